The van der Waals surface area contributed by atoms with Gasteiger partial charge in [0.05, 0.1) is 34.5 Å². The fourth-order valence-electron chi connectivity index (χ4n) is 2.69. The molecule has 1 fully saturated rings. The van der Waals surface area contributed by atoms with Gasteiger partial charge in [0.25, 0.3) is 0 Å². The summed E-state index contributed by atoms with van der Waals surface area (Å²) in [6.45, 7) is 6.59. The normalized spacial score (nSPS) is 20.7. The molecule has 0 saturated carbocycles. The van der Waals surface area contributed by atoms with Gasteiger partial charge in [0, 0.05) is 18.7 Å². The lowest BCUT2D eigenvalue weighted by Crippen LogP contribution is -2.39. The lowest BCUT2D eigenvalue weighted by Gasteiger charge is -2.42. The van der Waals surface area contributed by atoms with Crippen molar-refractivity contribution in [2.75, 3.05) is 29.5 Å². The molecule has 0 amide bonds. The molecule has 1 unspecified atom stereocenters. The van der Waals surface area contributed by atoms with Crippen molar-refractivity contribution in [1.82, 2.24) is 9.38 Å². The van der Waals surface area contributed by atoms with Crippen LogP contribution in [0.1, 0.15) is 26.3 Å². The molecule has 2 N–H and O–H groups in total. The number of nitrogens with zero attached hydrogens (tertiary/aromatic N) is 4. The molecule has 7 nitrogen and oxygen atoms in total. The van der Waals surface area contributed by atoms with Crippen LogP contribution in [0, 0.1) is 0 Å². The van der Waals surface area contributed by atoms with Gasteiger partial charge in [-0.05, 0) is 26.8 Å². The van der Waals surface area contributed by atoms with Gasteiger partial charge in [-0.2, -0.15) is 10.6 Å². The van der Waals surface area contributed by atoms with Crippen molar-refractivity contribution >= 4 is 51.1 Å². The molecule has 144 valence electrons. The average Bonchev–Trinajstić information content (AvgIpc) is 3.02. The Bertz CT molecular complexity index is 825. The molecule has 3 heterocycles. The second-order valence-electron chi connectivity index (χ2n) is 7.21. The van der Waals surface area contributed by atoms with Gasteiger partial charge >= 0.3 is 0 Å². The van der Waals surface area contributed by atoms with Crippen LogP contribution >= 0.6 is 22.2 Å². The molecular formula is C16H23ClN4O3S2. The van der Waals surface area contributed by atoms with Crippen LogP contribution in [0.25, 0.3) is 5.52 Å². The SMILES string of the molecule is CC(C)(C)[S+]([O-])N=Cc1cc(Cl)c2cncn2c1N1CCS(O)(O)CC1. The van der Waals surface area contributed by atoms with Gasteiger partial charge in [0.2, 0.25) is 0 Å². The molecule has 0 aliphatic carbocycles. The zero-order valence-electron chi connectivity index (χ0n) is 14.9. The van der Waals surface area contributed by atoms with Crippen LogP contribution in [0.5, 0.6) is 0 Å². The van der Waals surface area contributed by atoms with Crippen LogP contribution in [-0.2, 0) is 11.4 Å². The number of hydrogen-bond acceptors (Lipinski definition) is 6. The predicted octanol–water partition coefficient (Wildman–Crippen LogP) is 3.44. The first-order valence-corrected chi connectivity index (χ1v) is 11.5. The summed E-state index contributed by atoms with van der Waals surface area (Å²) >= 11 is 4.99. The van der Waals surface area contributed by atoms with E-state index in [2.05, 4.69) is 14.3 Å². The van der Waals surface area contributed by atoms with E-state index in [0.717, 1.165) is 16.9 Å². The molecule has 10 heteroatoms. The smallest absolute Gasteiger partial charge is 0.144 e. The Kier molecular flexibility index (Phi) is 5.49. The van der Waals surface area contributed by atoms with Crippen LogP contribution < -0.4 is 4.90 Å². The molecule has 1 aliphatic rings. The average molecular weight is 419 g/mol. The number of anilines is 1. The summed E-state index contributed by atoms with van der Waals surface area (Å²) in [6, 6.07) is 1.78. The molecule has 1 atom stereocenters. The van der Waals surface area contributed by atoms with Crippen LogP contribution in [0.4, 0.5) is 5.82 Å². The summed E-state index contributed by atoms with van der Waals surface area (Å²) in [5.74, 6) is 1.44. The number of imidazole rings is 1. The molecule has 0 aromatic carbocycles. The number of rotatable bonds is 3. The van der Waals surface area contributed by atoms with Gasteiger partial charge in [0.1, 0.15) is 28.3 Å². The first-order valence-electron chi connectivity index (χ1n) is 8.18. The van der Waals surface area contributed by atoms with Gasteiger partial charge in [-0.15, -0.1) is 0 Å². The van der Waals surface area contributed by atoms with Crippen molar-refractivity contribution in [2.45, 2.75) is 25.5 Å². The number of pyridine rings is 1. The third-order valence-electron chi connectivity index (χ3n) is 4.14. The fraction of sp³-hybridized carbons (Fsp3) is 0.500. The van der Waals surface area contributed by atoms with E-state index in [0.29, 0.717) is 29.6 Å². The molecule has 1 aliphatic heterocycles. The highest BCUT2D eigenvalue weighted by atomic mass is 35.5. The monoisotopic (exact) mass is 418 g/mol. The van der Waals surface area contributed by atoms with E-state index >= 15 is 0 Å². The summed E-state index contributed by atoms with van der Waals surface area (Å²) in [5.41, 5.74) is 1.48. The Hall–Kier alpha value is -0.970. The second kappa shape index (κ2) is 7.21. The third-order valence-corrected chi connectivity index (χ3v) is 7.46. The minimum Gasteiger partial charge on any atom is -0.591 e. The standard InChI is InChI=1S/C16H23ClN4O3S2/c1-16(2,3)25(22)19-9-12-8-13(17)14-10-18-11-21(14)15(12)20-4-6-26(23,24)7-5-20/h8-11,23-24H,4-7H2,1-3H3. The van der Waals surface area contributed by atoms with E-state index in [-0.39, 0.29) is 0 Å². The molecule has 0 bridgehead atoms. The minimum absolute atomic E-state index is 0.316. The maximum atomic E-state index is 12.3. The zero-order valence-corrected chi connectivity index (χ0v) is 17.3. The van der Waals surface area contributed by atoms with Crippen molar-refractivity contribution in [3.63, 3.8) is 0 Å². The van der Waals surface area contributed by atoms with Crippen LogP contribution in [0.15, 0.2) is 23.0 Å². The molecule has 26 heavy (non-hydrogen) atoms. The van der Waals surface area contributed by atoms with Gasteiger partial charge in [-0.25, -0.2) is 4.98 Å². The van der Waals surface area contributed by atoms with Crippen molar-refractivity contribution in [2.24, 2.45) is 4.40 Å². The molecular weight excluding hydrogens is 396 g/mol. The van der Waals surface area contributed by atoms with Crippen molar-refractivity contribution in [3.8, 4) is 0 Å². The molecule has 3 rings (SSSR count). The van der Waals surface area contributed by atoms with Gasteiger partial charge in [-0.3, -0.25) is 13.5 Å². The van der Waals surface area contributed by atoms with Crippen molar-refractivity contribution in [3.05, 3.63) is 29.2 Å². The van der Waals surface area contributed by atoms with Crippen molar-refractivity contribution < 1.29 is 13.7 Å². The Morgan fingerprint density at radius 1 is 1.35 bits per heavy atom. The fourth-order valence-corrected chi connectivity index (χ4v) is 4.70. The first kappa shape index (κ1) is 19.8. The summed E-state index contributed by atoms with van der Waals surface area (Å²) in [7, 11) is -2.50. The number of fused-ring (bicyclic) bond motifs is 1. The molecule has 0 spiro atoms. The Morgan fingerprint density at radius 2 is 2.00 bits per heavy atom. The van der Waals surface area contributed by atoms with E-state index in [1.165, 1.54) is 0 Å². The molecule has 0 radical (unpaired) electrons. The number of hydrogen-bond donors (Lipinski definition) is 2. The highest BCUT2D eigenvalue weighted by Gasteiger charge is 2.28. The summed E-state index contributed by atoms with van der Waals surface area (Å²) < 4.78 is 37.7. The number of aromatic nitrogens is 2. The first-order chi connectivity index (χ1) is 12.1. The van der Waals surface area contributed by atoms with E-state index in [1.54, 1.807) is 24.8 Å². The maximum absolute atomic E-state index is 12.3. The lowest BCUT2D eigenvalue weighted by atomic mass is 10.2. The third kappa shape index (κ3) is 4.13. The minimum atomic E-state index is -2.50. The quantitative estimate of drug-likeness (QED) is 0.587. The molecule has 2 aromatic heterocycles. The Morgan fingerprint density at radius 3 is 2.62 bits per heavy atom. The number of halogens is 1. The van der Waals surface area contributed by atoms with E-state index < -0.39 is 26.7 Å². The highest BCUT2D eigenvalue weighted by molar-refractivity contribution is 8.24. The van der Waals surface area contributed by atoms with E-state index in [4.69, 9.17) is 11.6 Å². The van der Waals surface area contributed by atoms with Gasteiger partial charge in [-0.1, -0.05) is 16.0 Å². The Labute approximate surface area is 162 Å². The van der Waals surface area contributed by atoms with Gasteiger partial charge in [0.15, 0.2) is 0 Å². The largest absolute Gasteiger partial charge is 0.591 e. The topological polar surface area (TPSA) is 96.4 Å². The Balaban J connectivity index is 2.03. The van der Waals surface area contributed by atoms with E-state index in [9.17, 15) is 13.7 Å². The summed E-state index contributed by atoms with van der Waals surface area (Å²) in [6.07, 6.45) is 4.92. The van der Waals surface area contributed by atoms with Crippen LogP contribution in [0.2, 0.25) is 5.02 Å². The van der Waals surface area contributed by atoms with Gasteiger partial charge < -0.3 is 9.45 Å². The summed E-state index contributed by atoms with van der Waals surface area (Å²) in [5, 5.41) is 0.524. The van der Waals surface area contributed by atoms with Crippen molar-refractivity contribution in [1.29, 1.82) is 0 Å². The predicted molar refractivity (Wildman–Crippen MR) is 110 cm³/mol. The maximum Gasteiger partial charge on any atom is 0.144 e. The highest BCUT2D eigenvalue weighted by Crippen LogP contribution is 2.42. The lowest BCUT2D eigenvalue weighted by molar-refractivity contribution is 0.479. The molecule has 1 saturated heterocycles. The second-order valence-corrected chi connectivity index (χ2v) is 12.0. The van der Waals surface area contributed by atoms with Crippen LogP contribution in [0.3, 0.4) is 0 Å². The zero-order chi connectivity index (χ0) is 19.1. The van der Waals surface area contributed by atoms with Crippen LogP contribution in [-0.4, -0.2) is 58.6 Å². The van der Waals surface area contributed by atoms with E-state index in [1.807, 2.05) is 25.2 Å². The summed E-state index contributed by atoms with van der Waals surface area (Å²) in [4.78, 5) is 6.24. The molecule has 2 aromatic rings.